The fourth-order valence-electron chi connectivity index (χ4n) is 2.29. The molecule has 1 aromatic rings. The molecule has 1 aromatic carbocycles. The molecule has 0 spiro atoms. The highest BCUT2D eigenvalue weighted by Crippen LogP contribution is 2.17. The van der Waals surface area contributed by atoms with Crippen LogP contribution < -0.4 is 5.32 Å². The highest BCUT2D eigenvalue weighted by molar-refractivity contribution is 7.98. The Bertz CT molecular complexity index is 389. The molecular formula is C18H32N2S. The SMILES string of the molecule is CSCC(C)N(C)Cc1ccc(C(C)CNC(C)C)cc1. The van der Waals surface area contributed by atoms with Crippen molar-refractivity contribution in [2.24, 2.45) is 0 Å². The largest absolute Gasteiger partial charge is 0.314 e. The number of thioether (sulfide) groups is 1. The normalized spacial score (nSPS) is 14.7. The first-order valence-electron chi connectivity index (χ1n) is 7.95. The Morgan fingerprint density at radius 1 is 1.10 bits per heavy atom. The minimum Gasteiger partial charge on any atom is -0.314 e. The van der Waals surface area contributed by atoms with E-state index in [1.54, 1.807) is 0 Å². The van der Waals surface area contributed by atoms with Crippen molar-refractivity contribution in [1.29, 1.82) is 0 Å². The molecule has 1 N–H and O–H groups in total. The fraction of sp³-hybridized carbons (Fsp3) is 0.667. The number of hydrogen-bond donors (Lipinski definition) is 1. The summed E-state index contributed by atoms with van der Waals surface area (Å²) in [5.41, 5.74) is 2.82. The Balaban J connectivity index is 2.53. The van der Waals surface area contributed by atoms with Crippen molar-refractivity contribution in [3.05, 3.63) is 35.4 Å². The molecular weight excluding hydrogens is 276 g/mol. The zero-order valence-electron chi connectivity index (χ0n) is 14.5. The van der Waals surface area contributed by atoms with E-state index >= 15 is 0 Å². The van der Waals surface area contributed by atoms with Gasteiger partial charge in [0, 0.05) is 30.9 Å². The van der Waals surface area contributed by atoms with E-state index < -0.39 is 0 Å². The van der Waals surface area contributed by atoms with Crippen LogP contribution in [-0.4, -0.2) is 42.6 Å². The van der Waals surface area contributed by atoms with Crippen LogP contribution in [-0.2, 0) is 6.54 Å². The van der Waals surface area contributed by atoms with Crippen LogP contribution in [0.15, 0.2) is 24.3 Å². The molecule has 0 saturated heterocycles. The Kier molecular flexibility index (Phi) is 8.38. The van der Waals surface area contributed by atoms with E-state index in [1.165, 1.54) is 16.9 Å². The minimum absolute atomic E-state index is 0.554. The smallest absolute Gasteiger partial charge is 0.0233 e. The summed E-state index contributed by atoms with van der Waals surface area (Å²) in [6, 6.07) is 10.3. The molecule has 120 valence electrons. The van der Waals surface area contributed by atoms with Crippen molar-refractivity contribution in [3.8, 4) is 0 Å². The molecule has 0 heterocycles. The Morgan fingerprint density at radius 2 is 1.71 bits per heavy atom. The van der Waals surface area contributed by atoms with Crippen molar-refractivity contribution >= 4 is 11.8 Å². The van der Waals surface area contributed by atoms with Gasteiger partial charge < -0.3 is 5.32 Å². The first-order valence-corrected chi connectivity index (χ1v) is 9.34. The zero-order chi connectivity index (χ0) is 15.8. The van der Waals surface area contributed by atoms with E-state index in [4.69, 9.17) is 0 Å². The van der Waals surface area contributed by atoms with E-state index in [1.807, 2.05) is 11.8 Å². The van der Waals surface area contributed by atoms with Crippen LogP contribution >= 0.6 is 11.8 Å². The lowest BCUT2D eigenvalue weighted by atomic mass is 9.99. The van der Waals surface area contributed by atoms with Crippen LogP contribution in [0.3, 0.4) is 0 Å². The molecule has 2 atom stereocenters. The molecule has 2 nitrogen and oxygen atoms in total. The van der Waals surface area contributed by atoms with Gasteiger partial charge in [-0.25, -0.2) is 0 Å². The molecule has 3 heteroatoms. The summed E-state index contributed by atoms with van der Waals surface area (Å²) < 4.78 is 0. The molecule has 0 radical (unpaired) electrons. The van der Waals surface area contributed by atoms with Gasteiger partial charge in [0.05, 0.1) is 0 Å². The summed E-state index contributed by atoms with van der Waals surface area (Å²) in [6.45, 7) is 11.0. The average Bonchev–Trinajstić information content (AvgIpc) is 2.45. The fourth-order valence-corrected chi connectivity index (χ4v) is 3.03. The lowest BCUT2D eigenvalue weighted by Crippen LogP contribution is -2.30. The van der Waals surface area contributed by atoms with Gasteiger partial charge in [0.15, 0.2) is 0 Å². The number of rotatable bonds is 9. The topological polar surface area (TPSA) is 15.3 Å². The first-order chi connectivity index (χ1) is 9.93. The number of nitrogens with zero attached hydrogens (tertiary/aromatic N) is 1. The van der Waals surface area contributed by atoms with E-state index in [0.29, 0.717) is 18.0 Å². The molecule has 0 saturated carbocycles. The lowest BCUT2D eigenvalue weighted by molar-refractivity contribution is 0.269. The predicted octanol–water partition coefficient (Wildman–Crippen LogP) is 3.97. The summed E-state index contributed by atoms with van der Waals surface area (Å²) in [7, 11) is 2.21. The second kappa shape index (κ2) is 9.50. The molecule has 0 fully saturated rings. The van der Waals surface area contributed by atoms with Crippen LogP contribution in [0.2, 0.25) is 0 Å². The van der Waals surface area contributed by atoms with Crippen molar-refractivity contribution in [2.75, 3.05) is 25.6 Å². The van der Waals surface area contributed by atoms with Gasteiger partial charge in [0.1, 0.15) is 0 Å². The molecule has 1 rings (SSSR count). The lowest BCUT2D eigenvalue weighted by Gasteiger charge is -2.24. The third-order valence-corrected chi connectivity index (χ3v) is 4.79. The second-order valence-electron chi connectivity index (χ2n) is 6.43. The van der Waals surface area contributed by atoms with Crippen molar-refractivity contribution in [3.63, 3.8) is 0 Å². The molecule has 0 aliphatic heterocycles. The van der Waals surface area contributed by atoms with Crippen molar-refractivity contribution in [1.82, 2.24) is 10.2 Å². The maximum atomic E-state index is 3.51. The Labute approximate surface area is 135 Å². The molecule has 0 aliphatic rings. The zero-order valence-corrected chi connectivity index (χ0v) is 15.3. The van der Waals surface area contributed by atoms with Crippen LogP contribution in [0.5, 0.6) is 0 Å². The van der Waals surface area contributed by atoms with E-state index in [9.17, 15) is 0 Å². The van der Waals surface area contributed by atoms with Gasteiger partial charge in [-0.1, -0.05) is 45.0 Å². The standard InChI is InChI=1S/C18H32N2S/c1-14(2)19-11-15(3)18-9-7-17(8-10-18)12-20(5)16(4)13-21-6/h7-10,14-16,19H,11-13H2,1-6H3. The van der Waals surface area contributed by atoms with Gasteiger partial charge in [-0.2, -0.15) is 11.8 Å². The van der Waals surface area contributed by atoms with Crippen LogP contribution in [0.25, 0.3) is 0 Å². The highest BCUT2D eigenvalue weighted by Gasteiger charge is 2.10. The summed E-state index contributed by atoms with van der Waals surface area (Å²) in [6.07, 6.45) is 2.17. The Hall–Kier alpha value is -0.510. The van der Waals surface area contributed by atoms with Gasteiger partial charge in [-0.05, 0) is 37.3 Å². The molecule has 21 heavy (non-hydrogen) atoms. The maximum absolute atomic E-state index is 3.51. The average molecular weight is 309 g/mol. The summed E-state index contributed by atoms with van der Waals surface area (Å²) in [4.78, 5) is 2.43. The molecule has 0 bridgehead atoms. The maximum Gasteiger partial charge on any atom is 0.0233 e. The van der Waals surface area contributed by atoms with E-state index in [-0.39, 0.29) is 0 Å². The Morgan fingerprint density at radius 3 is 2.24 bits per heavy atom. The van der Waals surface area contributed by atoms with Crippen LogP contribution in [0.4, 0.5) is 0 Å². The van der Waals surface area contributed by atoms with Gasteiger partial charge in [0.2, 0.25) is 0 Å². The first kappa shape index (κ1) is 18.5. The third-order valence-electron chi connectivity index (χ3n) is 3.97. The van der Waals surface area contributed by atoms with Gasteiger partial charge >= 0.3 is 0 Å². The van der Waals surface area contributed by atoms with E-state index in [2.05, 4.69) is 75.5 Å². The number of hydrogen-bond acceptors (Lipinski definition) is 3. The van der Waals surface area contributed by atoms with Crippen molar-refractivity contribution < 1.29 is 0 Å². The van der Waals surface area contributed by atoms with E-state index in [0.717, 1.165) is 13.1 Å². The van der Waals surface area contributed by atoms with Gasteiger partial charge in [0.25, 0.3) is 0 Å². The molecule has 0 aromatic heterocycles. The number of nitrogens with one attached hydrogen (secondary N) is 1. The highest BCUT2D eigenvalue weighted by atomic mass is 32.2. The minimum atomic E-state index is 0.554. The predicted molar refractivity (Wildman–Crippen MR) is 97.3 cm³/mol. The molecule has 2 unspecified atom stereocenters. The van der Waals surface area contributed by atoms with Gasteiger partial charge in [-0.15, -0.1) is 0 Å². The van der Waals surface area contributed by atoms with Crippen molar-refractivity contribution in [2.45, 2.75) is 52.2 Å². The monoisotopic (exact) mass is 308 g/mol. The summed E-state index contributed by atoms with van der Waals surface area (Å²) >= 11 is 1.91. The van der Waals surface area contributed by atoms with Crippen LogP contribution in [0.1, 0.15) is 44.7 Å². The van der Waals surface area contributed by atoms with Gasteiger partial charge in [-0.3, -0.25) is 4.90 Å². The summed E-state index contributed by atoms with van der Waals surface area (Å²) in [5, 5.41) is 3.51. The second-order valence-corrected chi connectivity index (χ2v) is 7.34. The quantitative estimate of drug-likeness (QED) is 0.743. The summed E-state index contributed by atoms with van der Waals surface area (Å²) in [5.74, 6) is 1.75. The molecule has 0 aliphatic carbocycles. The number of benzene rings is 1. The molecule has 0 amide bonds. The third kappa shape index (κ3) is 6.86. The van der Waals surface area contributed by atoms with Crippen LogP contribution in [0, 0.1) is 0 Å².